The van der Waals surface area contributed by atoms with E-state index in [-0.39, 0.29) is 6.61 Å². The summed E-state index contributed by atoms with van der Waals surface area (Å²) in [6.07, 6.45) is -3.87. The molecule has 0 unspecified atom stereocenters. The van der Waals surface area contributed by atoms with Gasteiger partial charge in [0.1, 0.15) is 18.1 Å². The lowest BCUT2D eigenvalue weighted by molar-refractivity contribution is -0.173. The van der Waals surface area contributed by atoms with Crippen molar-refractivity contribution < 1.29 is 27.4 Å². The zero-order valence-electron chi connectivity index (χ0n) is 17.1. The third kappa shape index (κ3) is 6.14. The van der Waals surface area contributed by atoms with E-state index >= 15 is 0 Å². The molecular formula is C21H22F3N3O3S. The van der Waals surface area contributed by atoms with Gasteiger partial charge < -0.3 is 14.2 Å². The highest BCUT2D eigenvalue weighted by molar-refractivity contribution is 7.99. The summed E-state index contributed by atoms with van der Waals surface area (Å²) < 4.78 is 53.8. The van der Waals surface area contributed by atoms with Crippen LogP contribution >= 0.6 is 11.8 Å². The van der Waals surface area contributed by atoms with E-state index in [2.05, 4.69) is 14.9 Å². The summed E-state index contributed by atoms with van der Waals surface area (Å²) in [4.78, 5) is 0. The number of methoxy groups -OCH3 is 2. The standard InChI is InChI=1S/C21H22F3N3O3S/c1-28-16-10-8-15(9-11-16)27-19(17-6-3-4-7-18(17)29-2)25-26-20(27)31-13-5-12-30-14-21(22,23)24/h3-4,6-11H,5,12-14H2,1-2H3. The Kier molecular flexibility index (Phi) is 7.80. The zero-order chi connectivity index (χ0) is 22.3. The Balaban J connectivity index is 1.83. The average molecular weight is 453 g/mol. The van der Waals surface area contributed by atoms with Gasteiger partial charge in [0.25, 0.3) is 0 Å². The fraction of sp³-hybridized carbons (Fsp3) is 0.333. The van der Waals surface area contributed by atoms with Crippen molar-refractivity contribution in [2.24, 2.45) is 0 Å². The predicted molar refractivity (Wildman–Crippen MR) is 112 cm³/mol. The van der Waals surface area contributed by atoms with E-state index in [1.807, 2.05) is 53.1 Å². The van der Waals surface area contributed by atoms with Gasteiger partial charge in [0.2, 0.25) is 0 Å². The molecule has 0 fully saturated rings. The molecule has 166 valence electrons. The van der Waals surface area contributed by atoms with E-state index in [0.29, 0.717) is 34.7 Å². The average Bonchev–Trinajstić information content (AvgIpc) is 3.19. The molecule has 0 radical (unpaired) electrons. The summed E-state index contributed by atoms with van der Waals surface area (Å²) in [5.74, 6) is 2.49. The van der Waals surface area contributed by atoms with Crippen LogP contribution in [0.5, 0.6) is 11.5 Å². The lowest BCUT2D eigenvalue weighted by atomic mass is 10.2. The second-order valence-electron chi connectivity index (χ2n) is 6.41. The summed E-state index contributed by atoms with van der Waals surface area (Å²) in [6, 6.07) is 14.9. The number of nitrogens with zero attached hydrogens (tertiary/aromatic N) is 3. The van der Waals surface area contributed by atoms with Gasteiger partial charge in [-0.05, 0) is 42.8 Å². The molecule has 0 atom stereocenters. The van der Waals surface area contributed by atoms with Gasteiger partial charge >= 0.3 is 6.18 Å². The summed E-state index contributed by atoms with van der Waals surface area (Å²) in [7, 11) is 3.18. The molecule has 0 N–H and O–H groups in total. The normalized spacial score (nSPS) is 11.5. The molecule has 0 aliphatic heterocycles. The summed E-state index contributed by atoms with van der Waals surface area (Å²) in [5.41, 5.74) is 1.59. The minimum atomic E-state index is -4.31. The maximum absolute atomic E-state index is 12.2. The number of para-hydroxylation sites is 1. The number of benzene rings is 2. The van der Waals surface area contributed by atoms with Gasteiger partial charge in [0, 0.05) is 12.4 Å². The smallest absolute Gasteiger partial charge is 0.411 e. The molecule has 0 saturated carbocycles. The number of hydrogen-bond donors (Lipinski definition) is 0. The lowest BCUT2D eigenvalue weighted by Gasteiger charge is -2.13. The second kappa shape index (κ2) is 10.5. The highest BCUT2D eigenvalue weighted by Gasteiger charge is 2.27. The monoisotopic (exact) mass is 453 g/mol. The van der Waals surface area contributed by atoms with E-state index < -0.39 is 12.8 Å². The van der Waals surface area contributed by atoms with Crippen molar-refractivity contribution in [2.75, 3.05) is 33.2 Å². The van der Waals surface area contributed by atoms with Crippen LogP contribution in [0, 0.1) is 0 Å². The van der Waals surface area contributed by atoms with Gasteiger partial charge in [-0.3, -0.25) is 4.57 Å². The van der Waals surface area contributed by atoms with Crippen LogP contribution in [0.3, 0.4) is 0 Å². The second-order valence-corrected chi connectivity index (χ2v) is 7.47. The highest BCUT2D eigenvalue weighted by Crippen LogP contribution is 2.33. The van der Waals surface area contributed by atoms with E-state index in [4.69, 9.17) is 9.47 Å². The van der Waals surface area contributed by atoms with Crippen LogP contribution < -0.4 is 9.47 Å². The maximum atomic E-state index is 12.2. The number of hydrogen-bond acceptors (Lipinski definition) is 6. The number of aromatic nitrogens is 3. The molecule has 3 aromatic rings. The highest BCUT2D eigenvalue weighted by atomic mass is 32.2. The molecule has 6 nitrogen and oxygen atoms in total. The fourth-order valence-corrected chi connectivity index (χ4v) is 3.71. The molecule has 0 aliphatic rings. The number of rotatable bonds is 10. The van der Waals surface area contributed by atoms with Crippen molar-refractivity contribution in [3.63, 3.8) is 0 Å². The van der Waals surface area contributed by atoms with Crippen LogP contribution in [0.2, 0.25) is 0 Å². The number of alkyl halides is 3. The van der Waals surface area contributed by atoms with Crippen LogP contribution in [-0.4, -0.2) is 54.1 Å². The van der Waals surface area contributed by atoms with Crippen LogP contribution in [0.4, 0.5) is 13.2 Å². The molecule has 0 spiro atoms. The molecular weight excluding hydrogens is 431 g/mol. The van der Waals surface area contributed by atoms with Crippen molar-refractivity contribution in [2.45, 2.75) is 17.8 Å². The number of ether oxygens (including phenoxy) is 3. The van der Waals surface area contributed by atoms with Gasteiger partial charge in [-0.15, -0.1) is 10.2 Å². The first-order valence-corrected chi connectivity index (χ1v) is 10.4. The van der Waals surface area contributed by atoms with Crippen molar-refractivity contribution >= 4 is 11.8 Å². The first-order chi connectivity index (χ1) is 14.9. The lowest BCUT2D eigenvalue weighted by Crippen LogP contribution is -2.17. The van der Waals surface area contributed by atoms with Crippen molar-refractivity contribution in [3.8, 4) is 28.6 Å². The largest absolute Gasteiger partial charge is 0.497 e. The van der Waals surface area contributed by atoms with Crippen LogP contribution in [0.25, 0.3) is 17.1 Å². The molecule has 0 amide bonds. The Labute approximate surface area is 182 Å². The molecule has 3 rings (SSSR count). The van der Waals surface area contributed by atoms with Crippen molar-refractivity contribution in [3.05, 3.63) is 48.5 Å². The molecule has 0 aliphatic carbocycles. The van der Waals surface area contributed by atoms with Gasteiger partial charge in [-0.25, -0.2) is 0 Å². The Morgan fingerprint density at radius 1 is 0.968 bits per heavy atom. The van der Waals surface area contributed by atoms with E-state index in [9.17, 15) is 13.2 Å². The predicted octanol–water partition coefficient (Wildman–Crippen LogP) is 5.01. The summed E-state index contributed by atoms with van der Waals surface area (Å²) in [6.45, 7) is -1.22. The maximum Gasteiger partial charge on any atom is 0.411 e. The molecule has 0 bridgehead atoms. The zero-order valence-corrected chi connectivity index (χ0v) is 17.9. The molecule has 0 saturated heterocycles. The van der Waals surface area contributed by atoms with E-state index in [1.54, 1.807) is 14.2 Å². The number of halogens is 3. The van der Waals surface area contributed by atoms with Gasteiger partial charge in [-0.2, -0.15) is 13.2 Å². The molecule has 10 heteroatoms. The SMILES string of the molecule is COc1ccc(-n2c(SCCCOCC(F)(F)F)nnc2-c2ccccc2OC)cc1. The first-order valence-electron chi connectivity index (χ1n) is 9.43. The minimum absolute atomic E-state index is 0.0164. The Morgan fingerprint density at radius 3 is 2.39 bits per heavy atom. The minimum Gasteiger partial charge on any atom is -0.497 e. The molecule has 2 aromatic carbocycles. The third-order valence-electron chi connectivity index (χ3n) is 4.24. The number of thioether (sulfide) groups is 1. The van der Waals surface area contributed by atoms with Crippen LogP contribution in [-0.2, 0) is 4.74 Å². The Bertz CT molecular complexity index is 978. The van der Waals surface area contributed by atoms with Crippen molar-refractivity contribution in [1.29, 1.82) is 0 Å². The van der Waals surface area contributed by atoms with Gasteiger partial charge in [0.15, 0.2) is 11.0 Å². The van der Waals surface area contributed by atoms with Crippen LogP contribution in [0.1, 0.15) is 6.42 Å². The van der Waals surface area contributed by atoms with E-state index in [0.717, 1.165) is 11.3 Å². The van der Waals surface area contributed by atoms with Crippen LogP contribution in [0.15, 0.2) is 53.7 Å². The summed E-state index contributed by atoms with van der Waals surface area (Å²) >= 11 is 1.39. The topological polar surface area (TPSA) is 58.4 Å². The quantitative estimate of drug-likeness (QED) is 0.318. The van der Waals surface area contributed by atoms with E-state index in [1.165, 1.54) is 11.8 Å². The third-order valence-corrected chi connectivity index (χ3v) is 5.26. The first kappa shape index (κ1) is 23.0. The molecule has 1 heterocycles. The molecule has 1 aromatic heterocycles. The molecule has 31 heavy (non-hydrogen) atoms. The Morgan fingerprint density at radius 2 is 1.71 bits per heavy atom. The Hall–Kier alpha value is -2.72. The fourth-order valence-electron chi connectivity index (χ4n) is 2.84. The summed E-state index contributed by atoms with van der Waals surface area (Å²) in [5, 5.41) is 9.29. The van der Waals surface area contributed by atoms with Gasteiger partial charge in [0.05, 0.1) is 25.5 Å². The van der Waals surface area contributed by atoms with Crippen molar-refractivity contribution in [1.82, 2.24) is 14.8 Å². The van der Waals surface area contributed by atoms with Gasteiger partial charge in [-0.1, -0.05) is 23.9 Å².